The molecular weight excluding hydrogens is 238 g/mol. The highest BCUT2D eigenvalue weighted by atomic mass is 19.3. The highest BCUT2D eigenvalue weighted by molar-refractivity contribution is 5.81. The van der Waals surface area contributed by atoms with Crippen molar-refractivity contribution in [3.63, 3.8) is 0 Å². The summed E-state index contributed by atoms with van der Waals surface area (Å²) < 4.78 is 29.6. The SMILES string of the molecule is C/C(N)=C(\C)C=Nc1ccc(OC(C)(F)F)cc1. The lowest BCUT2D eigenvalue weighted by Crippen LogP contribution is -2.18. The molecule has 98 valence electrons. The van der Waals surface area contributed by atoms with Crippen molar-refractivity contribution in [2.45, 2.75) is 26.9 Å². The number of nitrogens with zero attached hydrogens (tertiary/aromatic N) is 1. The molecule has 1 aromatic rings. The lowest BCUT2D eigenvalue weighted by atomic mass is 10.2. The summed E-state index contributed by atoms with van der Waals surface area (Å²) in [6.45, 7) is 4.31. The quantitative estimate of drug-likeness (QED) is 0.834. The van der Waals surface area contributed by atoms with Crippen LogP contribution in [0.2, 0.25) is 0 Å². The van der Waals surface area contributed by atoms with E-state index < -0.39 is 6.11 Å². The fraction of sp³-hybridized carbons (Fsp3) is 0.308. The molecule has 0 aliphatic rings. The van der Waals surface area contributed by atoms with Crippen LogP contribution in [-0.2, 0) is 0 Å². The maximum atomic E-state index is 12.6. The summed E-state index contributed by atoms with van der Waals surface area (Å²) in [7, 11) is 0. The van der Waals surface area contributed by atoms with Gasteiger partial charge in [0.1, 0.15) is 5.75 Å². The van der Waals surface area contributed by atoms with Gasteiger partial charge in [0.05, 0.1) is 5.69 Å². The molecule has 0 aromatic heterocycles. The molecule has 18 heavy (non-hydrogen) atoms. The third-order valence-electron chi connectivity index (χ3n) is 2.16. The van der Waals surface area contributed by atoms with E-state index in [1.807, 2.05) is 6.92 Å². The van der Waals surface area contributed by atoms with E-state index in [2.05, 4.69) is 9.73 Å². The number of nitrogens with two attached hydrogens (primary N) is 1. The summed E-state index contributed by atoms with van der Waals surface area (Å²) in [5, 5.41) is 0. The Hall–Kier alpha value is -1.91. The fourth-order valence-electron chi connectivity index (χ4n) is 1.08. The predicted molar refractivity (Wildman–Crippen MR) is 68.4 cm³/mol. The Kier molecular flexibility index (Phi) is 4.42. The largest absolute Gasteiger partial charge is 0.433 e. The zero-order valence-corrected chi connectivity index (χ0v) is 10.6. The first kappa shape index (κ1) is 14.2. The topological polar surface area (TPSA) is 47.6 Å². The van der Waals surface area contributed by atoms with E-state index >= 15 is 0 Å². The second kappa shape index (κ2) is 5.62. The minimum atomic E-state index is -3.18. The molecule has 0 aliphatic heterocycles. The molecule has 3 nitrogen and oxygen atoms in total. The lowest BCUT2D eigenvalue weighted by molar-refractivity contribution is -0.158. The molecule has 0 fully saturated rings. The van der Waals surface area contributed by atoms with Gasteiger partial charge < -0.3 is 10.5 Å². The predicted octanol–water partition coefficient (Wildman–Crippen LogP) is 3.63. The van der Waals surface area contributed by atoms with Crippen LogP contribution in [0.4, 0.5) is 14.5 Å². The number of halogens is 2. The van der Waals surface area contributed by atoms with Gasteiger partial charge in [-0.3, -0.25) is 4.99 Å². The molecule has 1 aromatic carbocycles. The van der Waals surface area contributed by atoms with Gasteiger partial charge in [0, 0.05) is 18.8 Å². The second-order valence-electron chi connectivity index (χ2n) is 4.03. The Morgan fingerprint density at radius 2 is 1.83 bits per heavy atom. The minimum Gasteiger partial charge on any atom is -0.433 e. The Bertz CT molecular complexity index is 455. The van der Waals surface area contributed by atoms with Gasteiger partial charge in [-0.15, -0.1) is 0 Å². The van der Waals surface area contributed by atoms with Crippen LogP contribution in [0, 0.1) is 0 Å². The summed E-state index contributed by atoms with van der Waals surface area (Å²) >= 11 is 0. The third kappa shape index (κ3) is 4.95. The second-order valence-corrected chi connectivity index (χ2v) is 4.03. The van der Waals surface area contributed by atoms with E-state index in [0.717, 1.165) is 5.57 Å². The number of ether oxygens (including phenoxy) is 1. The Balaban J connectivity index is 2.75. The van der Waals surface area contributed by atoms with Crippen LogP contribution in [0.25, 0.3) is 0 Å². The summed E-state index contributed by atoms with van der Waals surface area (Å²) in [6.07, 6.45) is -1.56. The fourth-order valence-corrected chi connectivity index (χ4v) is 1.08. The first-order chi connectivity index (χ1) is 8.28. The van der Waals surface area contributed by atoms with Gasteiger partial charge in [0.25, 0.3) is 0 Å². The van der Waals surface area contributed by atoms with Crippen LogP contribution in [0.15, 0.2) is 40.5 Å². The van der Waals surface area contributed by atoms with Crippen molar-refractivity contribution in [1.29, 1.82) is 0 Å². The van der Waals surface area contributed by atoms with Gasteiger partial charge in [-0.1, -0.05) is 0 Å². The Morgan fingerprint density at radius 1 is 1.28 bits per heavy atom. The molecule has 0 spiro atoms. The number of hydrogen-bond acceptors (Lipinski definition) is 3. The van der Waals surface area contributed by atoms with Crippen LogP contribution in [-0.4, -0.2) is 12.3 Å². The zero-order valence-electron chi connectivity index (χ0n) is 10.6. The summed E-state index contributed by atoms with van der Waals surface area (Å²) in [5.74, 6) is 0.101. The van der Waals surface area contributed by atoms with Crippen LogP contribution in [0.1, 0.15) is 20.8 Å². The lowest BCUT2D eigenvalue weighted by Gasteiger charge is -2.12. The van der Waals surface area contributed by atoms with Crippen molar-refractivity contribution in [2.24, 2.45) is 10.7 Å². The molecule has 1 rings (SSSR count). The minimum absolute atomic E-state index is 0.101. The van der Waals surface area contributed by atoms with E-state index in [-0.39, 0.29) is 5.75 Å². The van der Waals surface area contributed by atoms with E-state index in [4.69, 9.17) is 5.73 Å². The Labute approximate surface area is 105 Å². The summed E-state index contributed by atoms with van der Waals surface area (Å²) in [5.41, 5.74) is 7.76. The highest BCUT2D eigenvalue weighted by Crippen LogP contribution is 2.23. The van der Waals surface area contributed by atoms with E-state index in [1.165, 1.54) is 12.1 Å². The van der Waals surface area contributed by atoms with Crippen molar-refractivity contribution in [3.05, 3.63) is 35.5 Å². The van der Waals surface area contributed by atoms with Crippen molar-refractivity contribution >= 4 is 11.9 Å². The van der Waals surface area contributed by atoms with Gasteiger partial charge in [-0.2, -0.15) is 8.78 Å². The molecule has 0 radical (unpaired) electrons. The van der Waals surface area contributed by atoms with Crippen molar-refractivity contribution in [3.8, 4) is 5.75 Å². The van der Waals surface area contributed by atoms with E-state index in [0.29, 0.717) is 18.3 Å². The molecule has 2 N–H and O–H groups in total. The van der Waals surface area contributed by atoms with Gasteiger partial charge >= 0.3 is 6.11 Å². The van der Waals surface area contributed by atoms with Crippen LogP contribution >= 0.6 is 0 Å². The van der Waals surface area contributed by atoms with E-state index in [1.54, 1.807) is 25.3 Å². The van der Waals surface area contributed by atoms with Gasteiger partial charge in [0.15, 0.2) is 0 Å². The monoisotopic (exact) mass is 254 g/mol. The zero-order chi connectivity index (χ0) is 13.8. The van der Waals surface area contributed by atoms with Crippen LogP contribution in [0.5, 0.6) is 5.75 Å². The van der Waals surface area contributed by atoms with Crippen molar-refractivity contribution in [1.82, 2.24) is 0 Å². The molecule has 0 saturated carbocycles. The normalized spacial score (nSPS) is 13.6. The summed E-state index contributed by atoms with van der Waals surface area (Å²) in [4.78, 5) is 4.16. The molecule has 0 heterocycles. The molecule has 0 bridgehead atoms. The third-order valence-corrected chi connectivity index (χ3v) is 2.16. The number of aliphatic imine (C=N–C) groups is 1. The maximum absolute atomic E-state index is 12.6. The average Bonchev–Trinajstić information content (AvgIpc) is 2.25. The van der Waals surface area contributed by atoms with Crippen LogP contribution in [0.3, 0.4) is 0 Å². The molecule has 0 saturated heterocycles. The molecular formula is C13H16F2N2O. The number of allylic oxidation sites excluding steroid dienone is 2. The van der Waals surface area contributed by atoms with Gasteiger partial charge in [0.2, 0.25) is 0 Å². The number of hydrogen-bond donors (Lipinski definition) is 1. The average molecular weight is 254 g/mol. The smallest absolute Gasteiger partial charge is 0.394 e. The van der Waals surface area contributed by atoms with Gasteiger partial charge in [-0.05, 0) is 43.7 Å². The van der Waals surface area contributed by atoms with E-state index in [9.17, 15) is 8.78 Å². The van der Waals surface area contributed by atoms with Crippen LogP contribution < -0.4 is 10.5 Å². The number of alkyl halides is 2. The molecule has 0 aliphatic carbocycles. The molecule has 0 amide bonds. The van der Waals surface area contributed by atoms with Crippen molar-refractivity contribution in [2.75, 3.05) is 0 Å². The first-order valence-corrected chi connectivity index (χ1v) is 5.42. The van der Waals surface area contributed by atoms with Crippen molar-refractivity contribution < 1.29 is 13.5 Å². The molecule has 0 unspecified atom stereocenters. The Morgan fingerprint density at radius 3 is 2.28 bits per heavy atom. The summed E-state index contributed by atoms with van der Waals surface area (Å²) in [6, 6.07) is 6.07. The highest BCUT2D eigenvalue weighted by Gasteiger charge is 2.22. The standard InChI is InChI=1S/C13H16F2N2O/c1-9(10(2)16)8-17-11-4-6-12(7-5-11)18-13(3,14)15/h4-8H,16H2,1-3H3/b10-9-,17-8?. The maximum Gasteiger partial charge on any atom is 0.394 e. The molecule has 5 heteroatoms. The number of rotatable bonds is 4. The molecule has 0 atom stereocenters. The number of benzene rings is 1. The van der Waals surface area contributed by atoms with Gasteiger partial charge in [-0.25, -0.2) is 0 Å². The first-order valence-electron chi connectivity index (χ1n) is 5.42.